The van der Waals surface area contributed by atoms with Crippen LogP contribution < -0.4 is 15.4 Å². The van der Waals surface area contributed by atoms with Crippen molar-refractivity contribution in [2.45, 2.75) is 43.9 Å². The van der Waals surface area contributed by atoms with Crippen LogP contribution in [-0.2, 0) is 9.53 Å². The Balaban J connectivity index is 1.45. The van der Waals surface area contributed by atoms with E-state index in [2.05, 4.69) is 10.6 Å². The van der Waals surface area contributed by atoms with E-state index in [0.29, 0.717) is 29.8 Å². The number of ether oxygens (including phenoxy) is 2. The Morgan fingerprint density at radius 1 is 1.45 bits per heavy atom. The minimum absolute atomic E-state index is 0.0506. The molecule has 2 bridgehead atoms. The van der Waals surface area contributed by atoms with Gasteiger partial charge in [-0.15, -0.1) is 0 Å². The van der Waals surface area contributed by atoms with E-state index in [1.807, 2.05) is 0 Å². The summed E-state index contributed by atoms with van der Waals surface area (Å²) in [4.78, 5) is 12.0. The Hall–Kier alpha value is -1.46. The van der Waals surface area contributed by atoms with Crippen LogP contribution in [-0.4, -0.2) is 37.8 Å². The summed E-state index contributed by atoms with van der Waals surface area (Å²) in [6, 6.07) is 5.55. The Bertz CT molecular complexity index is 552. The van der Waals surface area contributed by atoms with Gasteiger partial charge in [0.15, 0.2) is 0 Å². The molecule has 6 heteroatoms. The fourth-order valence-electron chi connectivity index (χ4n) is 3.20. The van der Waals surface area contributed by atoms with Gasteiger partial charge in [-0.3, -0.25) is 4.79 Å². The predicted molar refractivity (Wildman–Crippen MR) is 85.6 cm³/mol. The summed E-state index contributed by atoms with van der Waals surface area (Å²) >= 11 is 5.98. The van der Waals surface area contributed by atoms with Crippen LogP contribution in [0.3, 0.4) is 0 Å². The zero-order valence-corrected chi connectivity index (χ0v) is 13.4. The Morgan fingerprint density at radius 2 is 2.32 bits per heavy atom. The molecule has 2 aliphatic rings. The third kappa shape index (κ3) is 3.47. The lowest BCUT2D eigenvalue weighted by Crippen LogP contribution is -2.41. The van der Waals surface area contributed by atoms with Gasteiger partial charge in [-0.25, -0.2) is 0 Å². The molecule has 22 heavy (non-hydrogen) atoms. The zero-order valence-electron chi connectivity index (χ0n) is 12.6. The van der Waals surface area contributed by atoms with Crippen LogP contribution in [0.1, 0.15) is 25.7 Å². The van der Waals surface area contributed by atoms with Crippen LogP contribution in [0.2, 0.25) is 5.02 Å². The molecule has 2 saturated heterocycles. The number of methoxy groups -OCH3 is 1. The van der Waals surface area contributed by atoms with E-state index in [1.165, 1.54) is 0 Å². The Labute approximate surface area is 135 Å². The number of amides is 1. The number of carbonyl (C=O) groups is 1. The monoisotopic (exact) mass is 324 g/mol. The van der Waals surface area contributed by atoms with Gasteiger partial charge in [0.25, 0.3) is 0 Å². The first-order valence-electron chi connectivity index (χ1n) is 7.68. The van der Waals surface area contributed by atoms with Gasteiger partial charge < -0.3 is 20.1 Å². The van der Waals surface area contributed by atoms with E-state index in [4.69, 9.17) is 21.1 Å². The van der Waals surface area contributed by atoms with Gasteiger partial charge in [-0.1, -0.05) is 11.6 Å². The van der Waals surface area contributed by atoms with Gasteiger partial charge >= 0.3 is 0 Å². The Kier molecular flexibility index (Phi) is 4.74. The molecule has 0 saturated carbocycles. The van der Waals surface area contributed by atoms with Crippen LogP contribution >= 0.6 is 11.6 Å². The second-order valence-corrected chi connectivity index (χ2v) is 6.24. The van der Waals surface area contributed by atoms with Crippen LogP contribution in [0.15, 0.2) is 18.2 Å². The van der Waals surface area contributed by atoms with E-state index in [-0.39, 0.29) is 18.1 Å². The zero-order chi connectivity index (χ0) is 15.5. The number of anilines is 1. The first kappa shape index (κ1) is 15.4. The highest BCUT2D eigenvalue weighted by molar-refractivity contribution is 6.30. The fraction of sp³-hybridized carbons (Fsp3) is 0.562. The lowest BCUT2D eigenvalue weighted by atomic mass is 9.95. The normalized spacial score (nSPS) is 26.0. The molecule has 0 aromatic heterocycles. The molecule has 0 aliphatic carbocycles. The molecule has 1 aromatic carbocycles. The number of rotatable bonds is 6. The molecule has 1 aromatic rings. The molecule has 3 rings (SSSR count). The van der Waals surface area contributed by atoms with E-state index in [0.717, 1.165) is 24.9 Å². The molecule has 5 nitrogen and oxygen atoms in total. The summed E-state index contributed by atoms with van der Waals surface area (Å²) in [5, 5.41) is 6.90. The highest BCUT2D eigenvalue weighted by atomic mass is 35.5. The lowest BCUT2D eigenvalue weighted by Gasteiger charge is -2.20. The smallest absolute Gasteiger partial charge is 0.222 e. The van der Waals surface area contributed by atoms with E-state index < -0.39 is 0 Å². The van der Waals surface area contributed by atoms with E-state index >= 15 is 0 Å². The summed E-state index contributed by atoms with van der Waals surface area (Å²) in [5.74, 6) is 0.765. The second kappa shape index (κ2) is 6.75. The van der Waals surface area contributed by atoms with Gasteiger partial charge in [0.2, 0.25) is 5.91 Å². The van der Waals surface area contributed by atoms with Crippen molar-refractivity contribution in [2.75, 3.05) is 19.0 Å². The maximum atomic E-state index is 12.0. The summed E-state index contributed by atoms with van der Waals surface area (Å²) in [6.45, 7) is 0.532. The molecule has 2 heterocycles. The standard InChI is InChI=1S/C16H21ClN2O3/c1-21-14-4-2-10(17)8-12(14)18-7-6-16(20)19-13-9-11-3-5-15(13)22-11/h2,4,8,11,13,15,18H,3,5-7,9H2,1H3,(H,19,20)/t11-,13-,15+/m1/s1. The average Bonchev–Trinajstić information content (AvgIpc) is 3.10. The average molecular weight is 325 g/mol. The SMILES string of the molecule is COc1ccc(Cl)cc1NCCC(=O)N[C@@H]1C[C@H]2CC[C@@H]1O2. The minimum atomic E-state index is 0.0506. The van der Waals surface area contributed by atoms with Crippen LogP contribution in [0, 0.1) is 0 Å². The first-order valence-corrected chi connectivity index (χ1v) is 8.05. The first-order chi connectivity index (χ1) is 10.7. The van der Waals surface area contributed by atoms with Gasteiger partial charge in [0, 0.05) is 18.0 Å². The topological polar surface area (TPSA) is 59.6 Å². The number of hydrogen-bond acceptors (Lipinski definition) is 4. The van der Waals surface area contributed by atoms with Crippen molar-refractivity contribution in [1.82, 2.24) is 5.32 Å². The highest BCUT2D eigenvalue weighted by Crippen LogP contribution is 2.34. The van der Waals surface area contributed by atoms with Gasteiger partial charge in [-0.05, 0) is 37.5 Å². The quantitative estimate of drug-likeness (QED) is 0.844. The van der Waals surface area contributed by atoms with Gasteiger partial charge in [0.1, 0.15) is 5.75 Å². The summed E-state index contributed by atoms with van der Waals surface area (Å²) < 4.78 is 11.0. The third-order valence-electron chi connectivity index (χ3n) is 4.28. The molecule has 120 valence electrons. The third-order valence-corrected chi connectivity index (χ3v) is 4.52. The molecular weight excluding hydrogens is 304 g/mol. The molecule has 1 amide bonds. The van der Waals surface area contributed by atoms with Crippen molar-refractivity contribution >= 4 is 23.2 Å². The van der Waals surface area contributed by atoms with Crippen LogP contribution in [0.4, 0.5) is 5.69 Å². The molecule has 0 spiro atoms. The Morgan fingerprint density at radius 3 is 3.00 bits per heavy atom. The van der Waals surface area contributed by atoms with Crippen molar-refractivity contribution in [1.29, 1.82) is 0 Å². The minimum Gasteiger partial charge on any atom is -0.495 e. The maximum absolute atomic E-state index is 12.0. The molecular formula is C16H21ClN2O3. The van der Waals surface area contributed by atoms with E-state index in [9.17, 15) is 4.79 Å². The number of carbonyl (C=O) groups excluding carboxylic acids is 1. The second-order valence-electron chi connectivity index (χ2n) is 5.80. The van der Waals surface area contributed by atoms with Crippen LogP contribution in [0.25, 0.3) is 0 Å². The van der Waals surface area contributed by atoms with Crippen molar-refractivity contribution in [3.8, 4) is 5.75 Å². The maximum Gasteiger partial charge on any atom is 0.222 e. The largest absolute Gasteiger partial charge is 0.495 e. The fourth-order valence-corrected chi connectivity index (χ4v) is 3.37. The van der Waals surface area contributed by atoms with Crippen LogP contribution in [0.5, 0.6) is 5.75 Å². The number of fused-ring (bicyclic) bond motifs is 2. The number of hydrogen-bond donors (Lipinski definition) is 2. The van der Waals surface area contributed by atoms with Crippen molar-refractivity contribution < 1.29 is 14.3 Å². The molecule has 2 fully saturated rings. The lowest BCUT2D eigenvalue weighted by molar-refractivity contribution is -0.121. The summed E-state index contributed by atoms with van der Waals surface area (Å²) in [5.41, 5.74) is 0.797. The number of benzene rings is 1. The highest BCUT2D eigenvalue weighted by Gasteiger charge is 2.41. The molecule has 3 atom stereocenters. The molecule has 2 aliphatic heterocycles. The summed E-state index contributed by atoms with van der Waals surface area (Å²) in [7, 11) is 1.61. The molecule has 0 unspecified atom stereocenters. The van der Waals surface area contributed by atoms with Crippen molar-refractivity contribution in [3.63, 3.8) is 0 Å². The van der Waals surface area contributed by atoms with E-state index in [1.54, 1.807) is 25.3 Å². The number of nitrogens with one attached hydrogen (secondary N) is 2. The van der Waals surface area contributed by atoms with Crippen molar-refractivity contribution in [2.24, 2.45) is 0 Å². The van der Waals surface area contributed by atoms with Gasteiger partial charge in [-0.2, -0.15) is 0 Å². The van der Waals surface area contributed by atoms with Gasteiger partial charge in [0.05, 0.1) is 31.0 Å². The summed E-state index contributed by atoms with van der Waals surface area (Å²) in [6.07, 6.45) is 4.12. The molecule has 0 radical (unpaired) electrons. The predicted octanol–water partition coefficient (Wildman–Crippen LogP) is 2.59. The number of halogens is 1. The van der Waals surface area contributed by atoms with Crippen molar-refractivity contribution in [3.05, 3.63) is 23.2 Å². The molecule has 2 N–H and O–H groups in total.